The molecule has 0 spiro atoms. The average Bonchev–Trinajstić information content (AvgIpc) is 3.40. The van der Waals surface area contributed by atoms with Gasteiger partial charge in [-0.25, -0.2) is 0 Å². The lowest BCUT2D eigenvalue weighted by atomic mass is 10.1. The molecule has 3 aromatic rings. The molecule has 0 radical (unpaired) electrons. The number of hydrogen-bond acceptors (Lipinski definition) is 4. The third-order valence-corrected chi connectivity index (χ3v) is 5.19. The molecule has 1 amide bonds. The first-order valence-corrected chi connectivity index (χ1v) is 9.52. The lowest BCUT2D eigenvalue weighted by Crippen LogP contribution is -2.37. The molecule has 0 fully saturated rings. The molecule has 0 saturated carbocycles. The van der Waals surface area contributed by atoms with Crippen molar-refractivity contribution in [3.8, 4) is 5.75 Å². The van der Waals surface area contributed by atoms with Crippen LogP contribution in [0.1, 0.15) is 22.9 Å². The molecule has 144 valence electrons. The van der Waals surface area contributed by atoms with Gasteiger partial charge in [0.15, 0.2) is 0 Å². The quantitative estimate of drug-likeness (QED) is 0.682. The Morgan fingerprint density at radius 2 is 1.96 bits per heavy atom. The Kier molecular flexibility index (Phi) is 5.33. The number of hydrogen-bond donors (Lipinski definition) is 1. The third-order valence-electron chi connectivity index (χ3n) is 5.19. The fourth-order valence-electron chi connectivity index (χ4n) is 3.73. The second-order valence-electron chi connectivity index (χ2n) is 6.93. The molecule has 1 unspecified atom stereocenters. The number of para-hydroxylation sites is 1. The van der Waals surface area contributed by atoms with Gasteiger partial charge < -0.3 is 19.4 Å². The third kappa shape index (κ3) is 3.88. The Morgan fingerprint density at radius 1 is 1.14 bits per heavy atom. The highest BCUT2D eigenvalue weighted by atomic mass is 16.5. The number of amides is 1. The van der Waals surface area contributed by atoms with Crippen LogP contribution < -0.4 is 15.0 Å². The number of fused-ring (bicyclic) bond motifs is 1. The van der Waals surface area contributed by atoms with Crippen LogP contribution in [0.3, 0.4) is 0 Å². The number of rotatable bonds is 7. The van der Waals surface area contributed by atoms with Gasteiger partial charge in [-0.3, -0.25) is 4.79 Å². The molecule has 5 nitrogen and oxygen atoms in total. The van der Waals surface area contributed by atoms with E-state index in [-0.39, 0.29) is 11.9 Å². The summed E-state index contributed by atoms with van der Waals surface area (Å²) in [6.07, 6.45) is 3.03. The normalized spacial score (nSPS) is 13.8. The van der Waals surface area contributed by atoms with E-state index in [1.807, 2.05) is 36.4 Å². The molecule has 1 aromatic heterocycles. The molecule has 2 aromatic carbocycles. The Morgan fingerprint density at radius 3 is 2.71 bits per heavy atom. The Balaban J connectivity index is 1.44. The Labute approximate surface area is 164 Å². The van der Waals surface area contributed by atoms with Crippen LogP contribution in [0.4, 0.5) is 5.69 Å². The van der Waals surface area contributed by atoms with Gasteiger partial charge in [0.05, 0.1) is 19.8 Å². The zero-order chi connectivity index (χ0) is 19.3. The van der Waals surface area contributed by atoms with E-state index < -0.39 is 0 Å². The molecule has 28 heavy (non-hydrogen) atoms. The molecule has 1 N–H and O–H groups in total. The molecule has 1 atom stereocenters. The maximum atomic E-state index is 12.5. The molecule has 2 heterocycles. The SMILES string of the molecule is COc1ccc(CC(=O)NCC(c2ccco2)N2CCc3ccccc32)cc1. The first-order chi connectivity index (χ1) is 13.7. The second-order valence-corrected chi connectivity index (χ2v) is 6.93. The van der Waals surface area contributed by atoms with Crippen molar-refractivity contribution in [3.05, 3.63) is 83.8 Å². The minimum absolute atomic E-state index is 0.00537. The largest absolute Gasteiger partial charge is 0.497 e. The van der Waals surface area contributed by atoms with Crippen molar-refractivity contribution >= 4 is 11.6 Å². The number of furan rings is 1. The molecule has 4 rings (SSSR count). The van der Waals surface area contributed by atoms with E-state index in [1.165, 1.54) is 11.3 Å². The first kappa shape index (κ1) is 18.2. The van der Waals surface area contributed by atoms with Crippen molar-refractivity contribution in [1.82, 2.24) is 5.32 Å². The van der Waals surface area contributed by atoms with Gasteiger partial charge in [-0.05, 0) is 47.9 Å². The summed E-state index contributed by atoms with van der Waals surface area (Å²) in [6, 6.07) is 19.8. The monoisotopic (exact) mass is 376 g/mol. The Hall–Kier alpha value is -3.21. The average molecular weight is 376 g/mol. The zero-order valence-electron chi connectivity index (χ0n) is 15.9. The fraction of sp³-hybridized carbons (Fsp3) is 0.261. The van der Waals surface area contributed by atoms with Crippen molar-refractivity contribution < 1.29 is 13.9 Å². The minimum atomic E-state index is -0.0292. The number of ether oxygens (including phenoxy) is 1. The summed E-state index contributed by atoms with van der Waals surface area (Å²) in [4.78, 5) is 14.8. The zero-order valence-corrected chi connectivity index (χ0v) is 15.9. The molecule has 0 saturated heterocycles. The summed E-state index contributed by atoms with van der Waals surface area (Å²) in [5, 5.41) is 3.08. The van der Waals surface area contributed by atoms with Crippen LogP contribution in [0, 0.1) is 0 Å². The predicted octanol–water partition coefficient (Wildman–Crippen LogP) is 3.75. The van der Waals surface area contributed by atoms with E-state index in [2.05, 4.69) is 34.5 Å². The summed E-state index contributed by atoms with van der Waals surface area (Å²) in [5.41, 5.74) is 3.51. The number of methoxy groups -OCH3 is 1. The highest BCUT2D eigenvalue weighted by Gasteiger charge is 2.29. The number of benzene rings is 2. The van der Waals surface area contributed by atoms with Gasteiger partial charge in [0, 0.05) is 18.8 Å². The number of anilines is 1. The van der Waals surface area contributed by atoms with Crippen molar-refractivity contribution in [3.63, 3.8) is 0 Å². The maximum absolute atomic E-state index is 12.5. The molecule has 1 aliphatic rings. The van der Waals surface area contributed by atoms with Gasteiger partial charge in [-0.1, -0.05) is 30.3 Å². The predicted molar refractivity (Wildman–Crippen MR) is 109 cm³/mol. The van der Waals surface area contributed by atoms with Gasteiger partial charge in [-0.2, -0.15) is 0 Å². The van der Waals surface area contributed by atoms with E-state index in [0.717, 1.165) is 30.0 Å². The minimum Gasteiger partial charge on any atom is -0.497 e. The molecule has 5 heteroatoms. The summed E-state index contributed by atoms with van der Waals surface area (Å²) in [6.45, 7) is 1.41. The summed E-state index contributed by atoms with van der Waals surface area (Å²) in [5.74, 6) is 1.64. The van der Waals surface area contributed by atoms with E-state index in [9.17, 15) is 4.79 Å². The van der Waals surface area contributed by atoms with Crippen LogP contribution >= 0.6 is 0 Å². The van der Waals surface area contributed by atoms with Crippen LogP contribution in [-0.2, 0) is 17.6 Å². The van der Waals surface area contributed by atoms with E-state index >= 15 is 0 Å². The van der Waals surface area contributed by atoms with E-state index in [0.29, 0.717) is 13.0 Å². The summed E-state index contributed by atoms with van der Waals surface area (Å²) < 4.78 is 10.9. The Bertz CT molecular complexity index is 919. The lowest BCUT2D eigenvalue weighted by molar-refractivity contribution is -0.120. The second kappa shape index (κ2) is 8.21. The van der Waals surface area contributed by atoms with Crippen LogP contribution in [0.5, 0.6) is 5.75 Å². The molecular formula is C23H24N2O3. The number of nitrogens with zero attached hydrogens (tertiary/aromatic N) is 1. The highest BCUT2D eigenvalue weighted by molar-refractivity contribution is 5.78. The smallest absolute Gasteiger partial charge is 0.224 e. The molecule has 1 aliphatic heterocycles. The maximum Gasteiger partial charge on any atom is 0.224 e. The number of carbonyl (C=O) groups excluding carboxylic acids is 1. The molecule has 0 bridgehead atoms. The van der Waals surface area contributed by atoms with E-state index in [4.69, 9.17) is 9.15 Å². The highest BCUT2D eigenvalue weighted by Crippen LogP contribution is 2.34. The summed E-state index contributed by atoms with van der Waals surface area (Å²) >= 11 is 0. The molecular weight excluding hydrogens is 352 g/mol. The van der Waals surface area contributed by atoms with Gasteiger partial charge in [-0.15, -0.1) is 0 Å². The van der Waals surface area contributed by atoms with Gasteiger partial charge in [0.25, 0.3) is 0 Å². The van der Waals surface area contributed by atoms with Crippen LogP contribution in [0.2, 0.25) is 0 Å². The topological polar surface area (TPSA) is 54.7 Å². The van der Waals surface area contributed by atoms with Crippen molar-refractivity contribution in [2.24, 2.45) is 0 Å². The van der Waals surface area contributed by atoms with Crippen LogP contribution in [0.15, 0.2) is 71.3 Å². The van der Waals surface area contributed by atoms with E-state index in [1.54, 1.807) is 13.4 Å². The van der Waals surface area contributed by atoms with Crippen molar-refractivity contribution in [2.45, 2.75) is 18.9 Å². The number of nitrogens with one attached hydrogen (secondary N) is 1. The van der Waals surface area contributed by atoms with Crippen LogP contribution in [-0.4, -0.2) is 26.1 Å². The summed E-state index contributed by atoms with van der Waals surface area (Å²) in [7, 11) is 1.63. The standard InChI is InChI=1S/C23H24N2O3/c1-27-19-10-8-17(9-11-19)15-23(26)24-16-21(22-7-4-14-28-22)25-13-12-18-5-2-3-6-20(18)25/h2-11,14,21H,12-13,15-16H2,1H3,(H,24,26). The fourth-order valence-corrected chi connectivity index (χ4v) is 3.73. The van der Waals surface area contributed by atoms with Gasteiger partial charge >= 0.3 is 0 Å². The lowest BCUT2D eigenvalue weighted by Gasteiger charge is -2.29. The van der Waals surface area contributed by atoms with Crippen molar-refractivity contribution in [1.29, 1.82) is 0 Å². The van der Waals surface area contributed by atoms with Crippen molar-refractivity contribution in [2.75, 3.05) is 25.1 Å². The first-order valence-electron chi connectivity index (χ1n) is 9.52. The number of carbonyl (C=O) groups is 1. The van der Waals surface area contributed by atoms with Gasteiger partial charge in [0.1, 0.15) is 17.6 Å². The molecule has 0 aliphatic carbocycles. The van der Waals surface area contributed by atoms with Gasteiger partial charge in [0.2, 0.25) is 5.91 Å². The van der Waals surface area contributed by atoms with Crippen LogP contribution in [0.25, 0.3) is 0 Å².